The molecule has 0 spiro atoms. The largest absolute Gasteiger partial charge is 0.497 e. The fourth-order valence-corrected chi connectivity index (χ4v) is 2.87. The summed E-state index contributed by atoms with van der Waals surface area (Å²) in [5, 5.41) is 17.2. The zero-order valence-electron chi connectivity index (χ0n) is 16.1. The van der Waals surface area contributed by atoms with Gasteiger partial charge in [-0.1, -0.05) is 25.1 Å². The minimum Gasteiger partial charge on any atom is -0.497 e. The van der Waals surface area contributed by atoms with E-state index < -0.39 is 6.10 Å². The molecule has 0 bridgehead atoms. The van der Waals surface area contributed by atoms with Crippen LogP contribution < -0.4 is 10.1 Å². The summed E-state index contributed by atoms with van der Waals surface area (Å²) in [5.41, 5.74) is 2.78. The lowest BCUT2D eigenvalue weighted by Crippen LogP contribution is -2.27. The number of hydrogen-bond donors (Lipinski definition) is 2. The third-order valence-corrected chi connectivity index (χ3v) is 4.58. The zero-order chi connectivity index (χ0) is 19.9. The third-order valence-electron chi connectivity index (χ3n) is 4.58. The summed E-state index contributed by atoms with van der Waals surface area (Å²) in [6, 6.07) is 17.1. The van der Waals surface area contributed by atoms with E-state index in [0.29, 0.717) is 30.6 Å². The minimum absolute atomic E-state index is 0.212. The zero-order valence-corrected chi connectivity index (χ0v) is 16.1. The Morgan fingerprint density at radius 1 is 1.18 bits per heavy atom. The van der Waals surface area contributed by atoms with Crippen molar-refractivity contribution in [2.75, 3.05) is 13.7 Å². The standard InChI is InChI=1S/C22H25N3O3/c1-3-18(26)13-14-23-22(27)20-15-25(17-7-5-4-6-8-17)24-21(20)16-9-11-19(28-2)12-10-16/h4-12,15,18,26H,3,13-14H2,1-2H3,(H,23,27). The molecule has 6 nitrogen and oxygen atoms in total. The van der Waals surface area contributed by atoms with Gasteiger partial charge in [-0.2, -0.15) is 5.10 Å². The average Bonchev–Trinajstić information content (AvgIpc) is 3.20. The molecule has 2 aromatic carbocycles. The number of aliphatic hydroxyl groups excluding tert-OH is 1. The topological polar surface area (TPSA) is 76.4 Å². The first kappa shape index (κ1) is 19.6. The van der Waals surface area contributed by atoms with Gasteiger partial charge in [-0.3, -0.25) is 4.79 Å². The number of amides is 1. The highest BCUT2D eigenvalue weighted by Crippen LogP contribution is 2.26. The first-order valence-corrected chi connectivity index (χ1v) is 9.38. The number of nitrogens with zero attached hydrogens (tertiary/aromatic N) is 2. The van der Waals surface area contributed by atoms with E-state index in [4.69, 9.17) is 4.74 Å². The van der Waals surface area contributed by atoms with E-state index >= 15 is 0 Å². The second-order valence-electron chi connectivity index (χ2n) is 6.51. The van der Waals surface area contributed by atoms with Crippen molar-refractivity contribution >= 4 is 5.91 Å². The smallest absolute Gasteiger partial charge is 0.255 e. The predicted molar refractivity (Wildman–Crippen MR) is 109 cm³/mol. The first-order valence-electron chi connectivity index (χ1n) is 9.38. The van der Waals surface area contributed by atoms with Gasteiger partial charge in [-0.25, -0.2) is 4.68 Å². The first-order chi connectivity index (χ1) is 13.6. The highest BCUT2D eigenvalue weighted by atomic mass is 16.5. The molecule has 0 aliphatic carbocycles. The molecule has 0 aliphatic rings. The van der Waals surface area contributed by atoms with Crippen LogP contribution in [0.5, 0.6) is 5.75 Å². The third kappa shape index (κ3) is 4.58. The van der Waals surface area contributed by atoms with Crippen LogP contribution in [0.3, 0.4) is 0 Å². The van der Waals surface area contributed by atoms with Crippen molar-refractivity contribution in [1.82, 2.24) is 15.1 Å². The van der Waals surface area contributed by atoms with Crippen LogP contribution in [0, 0.1) is 0 Å². The predicted octanol–water partition coefficient (Wildman–Crippen LogP) is 3.44. The Kier molecular flexibility index (Phi) is 6.45. The number of aliphatic hydroxyl groups is 1. The number of carbonyl (C=O) groups is 1. The molecule has 146 valence electrons. The van der Waals surface area contributed by atoms with Gasteiger partial charge in [0.1, 0.15) is 11.4 Å². The van der Waals surface area contributed by atoms with Crippen molar-refractivity contribution < 1.29 is 14.6 Å². The normalized spacial score (nSPS) is 11.8. The lowest BCUT2D eigenvalue weighted by molar-refractivity contribution is 0.0942. The Labute approximate surface area is 164 Å². The Morgan fingerprint density at radius 3 is 2.54 bits per heavy atom. The van der Waals surface area contributed by atoms with E-state index in [1.807, 2.05) is 61.5 Å². The summed E-state index contributed by atoms with van der Waals surface area (Å²) in [5.74, 6) is 0.530. The fraction of sp³-hybridized carbons (Fsp3) is 0.273. The maximum absolute atomic E-state index is 12.8. The van der Waals surface area contributed by atoms with Crippen molar-refractivity contribution in [3.63, 3.8) is 0 Å². The van der Waals surface area contributed by atoms with Crippen LogP contribution in [0.25, 0.3) is 16.9 Å². The van der Waals surface area contributed by atoms with Crippen molar-refractivity contribution in [3.8, 4) is 22.7 Å². The molecule has 28 heavy (non-hydrogen) atoms. The molecule has 1 heterocycles. The Bertz CT molecular complexity index is 905. The number of ether oxygens (including phenoxy) is 1. The van der Waals surface area contributed by atoms with Gasteiger partial charge >= 0.3 is 0 Å². The van der Waals surface area contributed by atoms with Crippen LogP contribution >= 0.6 is 0 Å². The van der Waals surface area contributed by atoms with Crippen LogP contribution in [0.1, 0.15) is 30.1 Å². The van der Waals surface area contributed by atoms with E-state index in [-0.39, 0.29) is 5.91 Å². The van der Waals surface area contributed by atoms with Crippen molar-refractivity contribution in [3.05, 3.63) is 66.4 Å². The molecule has 1 atom stereocenters. The molecular weight excluding hydrogens is 354 g/mol. The quantitative estimate of drug-likeness (QED) is 0.629. The number of hydrogen-bond acceptors (Lipinski definition) is 4. The summed E-state index contributed by atoms with van der Waals surface area (Å²) in [7, 11) is 1.61. The Balaban J connectivity index is 1.91. The molecule has 3 aromatic rings. The highest BCUT2D eigenvalue weighted by molar-refractivity contribution is 5.99. The van der Waals surface area contributed by atoms with Crippen LogP contribution in [-0.2, 0) is 0 Å². The van der Waals surface area contributed by atoms with Gasteiger partial charge in [0.05, 0.1) is 24.5 Å². The molecule has 6 heteroatoms. The molecule has 1 unspecified atom stereocenters. The van der Waals surface area contributed by atoms with Gasteiger partial charge in [0.15, 0.2) is 0 Å². The van der Waals surface area contributed by atoms with E-state index in [0.717, 1.165) is 17.0 Å². The summed E-state index contributed by atoms with van der Waals surface area (Å²) < 4.78 is 6.92. The average molecular weight is 379 g/mol. The SMILES string of the molecule is CCC(O)CCNC(=O)c1cn(-c2ccccc2)nc1-c1ccc(OC)cc1. The lowest BCUT2D eigenvalue weighted by atomic mass is 10.1. The fourth-order valence-electron chi connectivity index (χ4n) is 2.87. The number of methoxy groups -OCH3 is 1. The highest BCUT2D eigenvalue weighted by Gasteiger charge is 2.19. The number of para-hydroxylation sites is 1. The number of carbonyl (C=O) groups excluding carboxylic acids is 1. The molecule has 3 rings (SSSR count). The lowest BCUT2D eigenvalue weighted by Gasteiger charge is -2.09. The number of rotatable bonds is 8. The van der Waals surface area contributed by atoms with Crippen molar-refractivity contribution in [2.45, 2.75) is 25.9 Å². The Hall–Kier alpha value is -3.12. The van der Waals surface area contributed by atoms with Gasteiger partial charge in [-0.15, -0.1) is 0 Å². The van der Waals surface area contributed by atoms with E-state index in [1.165, 1.54) is 0 Å². The van der Waals surface area contributed by atoms with Crippen LogP contribution in [0.4, 0.5) is 0 Å². The molecule has 0 saturated heterocycles. The monoisotopic (exact) mass is 379 g/mol. The molecule has 0 saturated carbocycles. The second kappa shape index (κ2) is 9.19. The summed E-state index contributed by atoms with van der Waals surface area (Å²) in [6.07, 6.45) is 2.51. The van der Waals surface area contributed by atoms with Gasteiger partial charge in [0.25, 0.3) is 5.91 Å². The van der Waals surface area contributed by atoms with Gasteiger partial charge in [-0.05, 0) is 49.2 Å². The van der Waals surface area contributed by atoms with Gasteiger partial charge < -0.3 is 15.2 Å². The number of aromatic nitrogens is 2. The maximum Gasteiger partial charge on any atom is 0.255 e. The molecular formula is C22H25N3O3. The summed E-state index contributed by atoms with van der Waals surface area (Å²) in [6.45, 7) is 2.32. The minimum atomic E-state index is -0.409. The molecule has 0 radical (unpaired) electrons. The van der Waals surface area contributed by atoms with E-state index in [2.05, 4.69) is 10.4 Å². The number of benzene rings is 2. The van der Waals surface area contributed by atoms with Crippen molar-refractivity contribution in [1.29, 1.82) is 0 Å². The van der Waals surface area contributed by atoms with Gasteiger partial charge in [0, 0.05) is 18.3 Å². The van der Waals surface area contributed by atoms with E-state index in [1.54, 1.807) is 18.0 Å². The van der Waals surface area contributed by atoms with Gasteiger partial charge in [0.2, 0.25) is 0 Å². The number of nitrogens with one attached hydrogen (secondary N) is 1. The van der Waals surface area contributed by atoms with Crippen LogP contribution in [0.15, 0.2) is 60.8 Å². The molecule has 2 N–H and O–H groups in total. The van der Waals surface area contributed by atoms with E-state index in [9.17, 15) is 9.90 Å². The second-order valence-corrected chi connectivity index (χ2v) is 6.51. The molecule has 1 amide bonds. The molecule has 1 aromatic heterocycles. The molecule has 0 fully saturated rings. The summed E-state index contributed by atoms with van der Waals surface area (Å²) in [4.78, 5) is 12.8. The molecule has 0 aliphatic heterocycles. The maximum atomic E-state index is 12.8. The summed E-state index contributed by atoms with van der Waals surface area (Å²) >= 11 is 0. The van der Waals surface area contributed by atoms with Crippen LogP contribution in [0.2, 0.25) is 0 Å². The Morgan fingerprint density at radius 2 is 1.89 bits per heavy atom. The van der Waals surface area contributed by atoms with Crippen molar-refractivity contribution in [2.24, 2.45) is 0 Å². The van der Waals surface area contributed by atoms with Crippen LogP contribution in [-0.4, -0.2) is 40.6 Å².